The molecule has 1 heterocycles. The Balaban J connectivity index is 0.00000256. The van der Waals surface area contributed by atoms with Crippen molar-refractivity contribution in [1.82, 2.24) is 10.6 Å². The summed E-state index contributed by atoms with van der Waals surface area (Å²) in [6.07, 6.45) is 2.53. The summed E-state index contributed by atoms with van der Waals surface area (Å²) in [6.45, 7) is 2.20. The third-order valence-corrected chi connectivity index (χ3v) is 2.07. The van der Waals surface area contributed by atoms with Gasteiger partial charge in [0.05, 0.1) is 12.9 Å². The molecule has 2 N–H and O–H groups in total. The minimum Gasteiger partial charge on any atom is -0.469 e. The van der Waals surface area contributed by atoms with Crippen molar-refractivity contribution in [2.45, 2.75) is 6.42 Å². The third-order valence-electron chi connectivity index (χ3n) is 2.07. The Morgan fingerprint density at radius 1 is 1.41 bits per heavy atom. The van der Waals surface area contributed by atoms with Gasteiger partial charge in [-0.15, -0.1) is 24.0 Å². The van der Waals surface area contributed by atoms with Crippen molar-refractivity contribution in [3.63, 3.8) is 0 Å². The molecule has 0 aliphatic rings. The zero-order chi connectivity index (χ0) is 11.6. The third kappa shape index (κ3) is 7.22. The van der Waals surface area contributed by atoms with Gasteiger partial charge >= 0.3 is 0 Å². The van der Waals surface area contributed by atoms with E-state index in [0.717, 1.165) is 31.2 Å². The zero-order valence-electron chi connectivity index (χ0n) is 10.2. The van der Waals surface area contributed by atoms with Gasteiger partial charge in [0.25, 0.3) is 0 Å². The van der Waals surface area contributed by atoms with Gasteiger partial charge in [0, 0.05) is 33.7 Å². The minimum absolute atomic E-state index is 0. The van der Waals surface area contributed by atoms with Gasteiger partial charge in [-0.05, 0) is 12.1 Å². The summed E-state index contributed by atoms with van der Waals surface area (Å²) in [5.41, 5.74) is 0. The van der Waals surface area contributed by atoms with Crippen LogP contribution >= 0.6 is 24.0 Å². The predicted molar refractivity (Wildman–Crippen MR) is 79.1 cm³/mol. The van der Waals surface area contributed by atoms with E-state index in [1.807, 2.05) is 12.1 Å². The number of rotatable bonds is 6. The topological polar surface area (TPSA) is 58.8 Å². The monoisotopic (exact) mass is 353 g/mol. The molecule has 0 aliphatic carbocycles. The van der Waals surface area contributed by atoms with Gasteiger partial charge in [0.1, 0.15) is 5.76 Å². The molecule has 0 aromatic carbocycles. The molecule has 0 fully saturated rings. The van der Waals surface area contributed by atoms with Crippen LogP contribution in [0.4, 0.5) is 0 Å². The zero-order valence-corrected chi connectivity index (χ0v) is 12.6. The van der Waals surface area contributed by atoms with Crippen LogP contribution in [0.5, 0.6) is 0 Å². The molecular weight excluding hydrogens is 333 g/mol. The van der Waals surface area contributed by atoms with Crippen LogP contribution < -0.4 is 10.6 Å². The van der Waals surface area contributed by atoms with Crippen LogP contribution in [0, 0.1) is 0 Å². The van der Waals surface area contributed by atoms with Crippen LogP contribution in [-0.2, 0) is 11.2 Å². The number of ether oxygens (including phenoxy) is 1. The average Bonchev–Trinajstić information content (AvgIpc) is 2.80. The van der Waals surface area contributed by atoms with Crippen molar-refractivity contribution in [2.75, 3.05) is 33.9 Å². The Morgan fingerprint density at radius 2 is 2.18 bits per heavy atom. The maximum absolute atomic E-state index is 5.23. The summed E-state index contributed by atoms with van der Waals surface area (Å²) < 4.78 is 10.2. The number of nitrogens with one attached hydrogen (secondary N) is 2. The second-order valence-electron chi connectivity index (χ2n) is 3.25. The summed E-state index contributed by atoms with van der Waals surface area (Å²) in [5.74, 6) is 1.75. The standard InChI is InChI=1S/C11H19N3O2.HI/c1-12-11(14-7-9-15-2)13-6-5-10-4-3-8-16-10;/h3-4,8H,5-7,9H2,1-2H3,(H2,12,13,14);1H. The maximum Gasteiger partial charge on any atom is 0.191 e. The highest BCUT2D eigenvalue weighted by molar-refractivity contribution is 14.0. The normalized spacial score (nSPS) is 10.8. The van der Waals surface area contributed by atoms with Crippen LogP contribution in [0.1, 0.15) is 5.76 Å². The van der Waals surface area contributed by atoms with Crippen LogP contribution in [0.3, 0.4) is 0 Å². The fourth-order valence-electron chi connectivity index (χ4n) is 1.25. The molecule has 1 aromatic rings. The number of hydrogen-bond acceptors (Lipinski definition) is 3. The van der Waals surface area contributed by atoms with Crippen molar-refractivity contribution in [2.24, 2.45) is 4.99 Å². The molecule has 1 aromatic heterocycles. The molecule has 5 nitrogen and oxygen atoms in total. The Bertz CT molecular complexity index is 302. The second kappa shape index (κ2) is 10.4. The quantitative estimate of drug-likeness (QED) is 0.350. The van der Waals surface area contributed by atoms with Crippen molar-refractivity contribution in [1.29, 1.82) is 0 Å². The van der Waals surface area contributed by atoms with Gasteiger partial charge in [-0.1, -0.05) is 0 Å². The number of halogens is 1. The number of aliphatic imine (C=N–C) groups is 1. The molecule has 0 saturated carbocycles. The number of methoxy groups -OCH3 is 1. The van der Waals surface area contributed by atoms with Crippen molar-refractivity contribution in [3.8, 4) is 0 Å². The molecule has 0 atom stereocenters. The van der Waals surface area contributed by atoms with Crippen LogP contribution in [0.25, 0.3) is 0 Å². The van der Waals surface area contributed by atoms with E-state index in [4.69, 9.17) is 9.15 Å². The first-order valence-electron chi connectivity index (χ1n) is 5.32. The Morgan fingerprint density at radius 3 is 2.76 bits per heavy atom. The van der Waals surface area contributed by atoms with E-state index in [1.165, 1.54) is 0 Å². The SMILES string of the molecule is CN=C(NCCOC)NCCc1ccco1.I. The molecule has 98 valence electrons. The average molecular weight is 353 g/mol. The molecule has 0 amide bonds. The van der Waals surface area contributed by atoms with Crippen LogP contribution in [-0.4, -0.2) is 39.8 Å². The van der Waals surface area contributed by atoms with E-state index in [0.29, 0.717) is 6.61 Å². The van der Waals surface area contributed by atoms with Crippen LogP contribution in [0.2, 0.25) is 0 Å². The highest BCUT2D eigenvalue weighted by atomic mass is 127. The molecule has 0 unspecified atom stereocenters. The fourth-order valence-corrected chi connectivity index (χ4v) is 1.25. The predicted octanol–water partition coefficient (Wildman–Crippen LogP) is 1.25. The molecule has 0 spiro atoms. The van der Waals surface area contributed by atoms with E-state index in [-0.39, 0.29) is 24.0 Å². The molecule has 0 bridgehead atoms. The molecule has 1 rings (SSSR count). The molecule has 17 heavy (non-hydrogen) atoms. The lowest BCUT2D eigenvalue weighted by Crippen LogP contribution is -2.39. The molecule has 0 saturated heterocycles. The molecule has 0 radical (unpaired) electrons. The molecule has 6 heteroatoms. The Kier molecular flexibility index (Phi) is 9.93. The summed E-state index contributed by atoms with van der Waals surface area (Å²) in [4.78, 5) is 4.09. The largest absolute Gasteiger partial charge is 0.469 e. The van der Waals surface area contributed by atoms with Gasteiger partial charge in [-0.2, -0.15) is 0 Å². The van der Waals surface area contributed by atoms with Gasteiger partial charge in [0.2, 0.25) is 0 Å². The highest BCUT2D eigenvalue weighted by Crippen LogP contribution is 1.99. The lowest BCUT2D eigenvalue weighted by atomic mass is 10.3. The van der Waals surface area contributed by atoms with E-state index >= 15 is 0 Å². The fraction of sp³-hybridized carbons (Fsp3) is 0.545. The van der Waals surface area contributed by atoms with Gasteiger partial charge in [-0.25, -0.2) is 0 Å². The first kappa shape index (κ1) is 16.2. The first-order valence-corrected chi connectivity index (χ1v) is 5.32. The summed E-state index contributed by atoms with van der Waals surface area (Å²) in [5, 5.41) is 6.32. The Labute approximate surface area is 119 Å². The van der Waals surface area contributed by atoms with E-state index < -0.39 is 0 Å². The van der Waals surface area contributed by atoms with Crippen molar-refractivity contribution in [3.05, 3.63) is 24.2 Å². The number of furan rings is 1. The lowest BCUT2D eigenvalue weighted by Gasteiger charge is -2.10. The first-order chi connectivity index (χ1) is 7.86. The van der Waals surface area contributed by atoms with Crippen molar-refractivity contribution >= 4 is 29.9 Å². The van der Waals surface area contributed by atoms with Gasteiger partial charge in [0.15, 0.2) is 5.96 Å². The minimum atomic E-state index is 0. The van der Waals surface area contributed by atoms with Crippen LogP contribution in [0.15, 0.2) is 27.8 Å². The summed E-state index contributed by atoms with van der Waals surface area (Å²) >= 11 is 0. The smallest absolute Gasteiger partial charge is 0.191 e. The second-order valence-corrected chi connectivity index (χ2v) is 3.25. The van der Waals surface area contributed by atoms with E-state index in [2.05, 4.69) is 15.6 Å². The summed E-state index contributed by atoms with van der Waals surface area (Å²) in [7, 11) is 3.42. The number of guanidine groups is 1. The number of hydrogen-bond donors (Lipinski definition) is 2. The van der Waals surface area contributed by atoms with Crippen molar-refractivity contribution < 1.29 is 9.15 Å². The molecule has 0 aliphatic heterocycles. The number of nitrogens with zero attached hydrogens (tertiary/aromatic N) is 1. The Hall–Kier alpha value is -0.760. The molecular formula is C11H20IN3O2. The van der Waals surface area contributed by atoms with E-state index in [9.17, 15) is 0 Å². The van der Waals surface area contributed by atoms with E-state index in [1.54, 1.807) is 20.4 Å². The summed E-state index contributed by atoms with van der Waals surface area (Å²) in [6, 6.07) is 3.85. The lowest BCUT2D eigenvalue weighted by molar-refractivity contribution is 0.203. The highest BCUT2D eigenvalue weighted by Gasteiger charge is 1.98. The maximum atomic E-state index is 5.23. The van der Waals surface area contributed by atoms with Gasteiger partial charge in [-0.3, -0.25) is 4.99 Å². The van der Waals surface area contributed by atoms with Gasteiger partial charge < -0.3 is 19.8 Å².